The van der Waals surface area contributed by atoms with Crippen LogP contribution in [0.4, 0.5) is 0 Å². The Morgan fingerprint density at radius 1 is 1.31 bits per heavy atom. The molecule has 13 heavy (non-hydrogen) atoms. The Morgan fingerprint density at radius 2 is 2.00 bits per heavy atom. The second-order valence-corrected chi connectivity index (χ2v) is 5.48. The van der Waals surface area contributed by atoms with Crippen molar-refractivity contribution in [3.05, 3.63) is 0 Å². The molecule has 2 heteroatoms. The first-order chi connectivity index (χ1) is 6.17. The van der Waals surface area contributed by atoms with Crippen molar-refractivity contribution in [2.75, 3.05) is 0 Å². The van der Waals surface area contributed by atoms with Crippen molar-refractivity contribution in [2.45, 2.75) is 63.7 Å². The monoisotopic (exact) mass is 180 g/mol. The Morgan fingerprint density at radius 3 is 2.54 bits per heavy atom. The Bertz CT molecular complexity index is 238. The lowest BCUT2D eigenvalue weighted by atomic mass is 9.52. The number of hydrogen-bond acceptors (Lipinski definition) is 2. The Labute approximate surface area is 80.5 Å². The van der Waals surface area contributed by atoms with E-state index in [2.05, 4.69) is 18.7 Å². The molecule has 2 nitrogen and oxygen atoms in total. The van der Waals surface area contributed by atoms with Gasteiger partial charge in [0, 0.05) is 29.6 Å². The minimum Gasteiger partial charge on any atom is -0.326 e. The van der Waals surface area contributed by atoms with Crippen LogP contribution in [0.15, 0.2) is 0 Å². The number of likely N-dealkylation sites (tertiary alicyclic amines) is 1. The molecule has 2 saturated carbocycles. The molecule has 3 rings (SSSR count). The molecule has 0 aromatic carbocycles. The van der Waals surface area contributed by atoms with E-state index in [1.807, 2.05) is 0 Å². The van der Waals surface area contributed by atoms with Crippen molar-refractivity contribution in [1.29, 1.82) is 0 Å². The SMILES string of the molecule is CC(C)N1C2CCC23CCC(N)C13. The van der Waals surface area contributed by atoms with Crippen molar-refractivity contribution in [3.8, 4) is 0 Å². The van der Waals surface area contributed by atoms with Crippen molar-refractivity contribution in [1.82, 2.24) is 4.90 Å². The van der Waals surface area contributed by atoms with Crippen LogP contribution < -0.4 is 5.73 Å². The molecular formula is C11H20N2. The van der Waals surface area contributed by atoms with E-state index in [1.54, 1.807) is 0 Å². The fourth-order valence-electron chi connectivity index (χ4n) is 4.21. The van der Waals surface area contributed by atoms with Crippen LogP contribution in [-0.4, -0.2) is 29.1 Å². The zero-order chi connectivity index (χ0) is 9.22. The summed E-state index contributed by atoms with van der Waals surface area (Å²) in [6, 6.07) is 2.82. The van der Waals surface area contributed by atoms with Gasteiger partial charge in [-0.3, -0.25) is 4.90 Å². The molecule has 4 atom stereocenters. The maximum absolute atomic E-state index is 6.19. The van der Waals surface area contributed by atoms with Crippen LogP contribution in [0.1, 0.15) is 39.5 Å². The molecule has 2 aliphatic carbocycles. The number of hydrogen-bond donors (Lipinski definition) is 1. The van der Waals surface area contributed by atoms with E-state index < -0.39 is 0 Å². The second kappa shape index (κ2) is 2.29. The highest BCUT2D eigenvalue weighted by molar-refractivity contribution is 5.24. The molecule has 1 saturated heterocycles. The van der Waals surface area contributed by atoms with Crippen LogP contribution in [0.3, 0.4) is 0 Å². The molecule has 1 spiro atoms. The van der Waals surface area contributed by atoms with Gasteiger partial charge in [0.05, 0.1) is 0 Å². The number of nitrogens with two attached hydrogens (primary N) is 1. The molecule has 3 aliphatic rings. The highest BCUT2D eigenvalue weighted by atomic mass is 15.3. The normalized spacial score (nSPS) is 54.0. The van der Waals surface area contributed by atoms with Gasteiger partial charge in [-0.2, -0.15) is 0 Å². The summed E-state index contributed by atoms with van der Waals surface area (Å²) in [5.41, 5.74) is 6.89. The third kappa shape index (κ3) is 0.736. The molecular weight excluding hydrogens is 160 g/mol. The van der Waals surface area contributed by atoms with Crippen molar-refractivity contribution in [2.24, 2.45) is 11.1 Å². The maximum atomic E-state index is 6.19. The first-order valence-electron chi connectivity index (χ1n) is 5.70. The van der Waals surface area contributed by atoms with Gasteiger partial charge in [0.25, 0.3) is 0 Å². The van der Waals surface area contributed by atoms with Crippen molar-refractivity contribution in [3.63, 3.8) is 0 Å². The zero-order valence-electron chi connectivity index (χ0n) is 8.66. The molecule has 0 bridgehead atoms. The van der Waals surface area contributed by atoms with Gasteiger partial charge in [-0.05, 0) is 39.5 Å². The van der Waals surface area contributed by atoms with Crippen LogP contribution >= 0.6 is 0 Å². The Kier molecular flexibility index (Phi) is 1.45. The molecule has 2 N–H and O–H groups in total. The first-order valence-corrected chi connectivity index (χ1v) is 5.70. The fraction of sp³-hybridized carbons (Fsp3) is 1.00. The van der Waals surface area contributed by atoms with Gasteiger partial charge >= 0.3 is 0 Å². The molecule has 1 aliphatic heterocycles. The predicted octanol–water partition coefficient (Wildman–Crippen LogP) is 1.35. The number of rotatable bonds is 1. The molecule has 0 amide bonds. The lowest BCUT2D eigenvalue weighted by molar-refractivity contribution is -0.205. The summed E-state index contributed by atoms with van der Waals surface area (Å²) in [7, 11) is 0. The molecule has 0 aromatic heterocycles. The molecule has 1 heterocycles. The molecule has 0 radical (unpaired) electrons. The quantitative estimate of drug-likeness (QED) is 0.660. The Hall–Kier alpha value is -0.0800. The maximum Gasteiger partial charge on any atom is 0.0324 e. The largest absolute Gasteiger partial charge is 0.326 e. The van der Waals surface area contributed by atoms with Gasteiger partial charge in [-0.15, -0.1) is 0 Å². The lowest BCUT2D eigenvalue weighted by Crippen LogP contribution is -2.78. The highest BCUT2D eigenvalue weighted by Crippen LogP contribution is 2.65. The predicted molar refractivity (Wildman–Crippen MR) is 53.4 cm³/mol. The number of piperidine rings is 1. The zero-order valence-corrected chi connectivity index (χ0v) is 8.66. The number of nitrogens with zero attached hydrogens (tertiary/aromatic N) is 1. The third-order valence-corrected chi connectivity index (χ3v) is 4.76. The van der Waals surface area contributed by atoms with E-state index in [4.69, 9.17) is 5.73 Å². The summed E-state index contributed by atoms with van der Waals surface area (Å²) < 4.78 is 0. The minimum absolute atomic E-state index is 0.471. The topological polar surface area (TPSA) is 29.3 Å². The minimum atomic E-state index is 0.471. The summed E-state index contributed by atoms with van der Waals surface area (Å²) in [6.45, 7) is 4.63. The van der Waals surface area contributed by atoms with Gasteiger partial charge < -0.3 is 5.73 Å². The molecule has 74 valence electrons. The fourth-order valence-corrected chi connectivity index (χ4v) is 4.21. The van der Waals surface area contributed by atoms with Gasteiger partial charge in [-0.25, -0.2) is 0 Å². The van der Waals surface area contributed by atoms with E-state index in [1.165, 1.54) is 25.7 Å². The summed E-state index contributed by atoms with van der Waals surface area (Å²) in [5.74, 6) is 0. The summed E-state index contributed by atoms with van der Waals surface area (Å²) >= 11 is 0. The van der Waals surface area contributed by atoms with Crippen LogP contribution in [0, 0.1) is 5.41 Å². The van der Waals surface area contributed by atoms with Crippen LogP contribution in [0.2, 0.25) is 0 Å². The van der Waals surface area contributed by atoms with Gasteiger partial charge in [0.15, 0.2) is 0 Å². The molecule has 0 aromatic rings. The average Bonchev–Trinajstić information content (AvgIpc) is 2.36. The van der Waals surface area contributed by atoms with Crippen LogP contribution in [0.5, 0.6) is 0 Å². The smallest absolute Gasteiger partial charge is 0.0324 e. The van der Waals surface area contributed by atoms with E-state index in [0.29, 0.717) is 17.5 Å². The van der Waals surface area contributed by atoms with E-state index in [0.717, 1.165) is 12.1 Å². The van der Waals surface area contributed by atoms with Crippen molar-refractivity contribution >= 4 is 0 Å². The van der Waals surface area contributed by atoms with E-state index >= 15 is 0 Å². The van der Waals surface area contributed by atoms with E-state index in [9.17, 15) is 0 Å². The lowest BCUT2D eigenvalue weighted by Gasteiger charge is -2.70. The summed E-state index contributed by atoms with van der Waals surface area (Å²) in [5, 5.41) is 0. The average molecular weight is 180 g/mol. The summed E-state index contributed by atoms with van der Waals surface area (Å²) in [6.07, 6.45) is 5.57. The highest BCUT2D eigenvalue weighted by Gasteiger charge is 2.69. The third-order valence-electron chi connectivity index (χ3n) is 4.76. The van der Waals surface area contributed by atoms with Crippen LogP contribution in [0.25, 0.3) is 0 Å². The summed E-state index contributed by atoms with van der Waals surface area (Å²) in [4.78, 5) is 2.68. The van der Waals surface area contributed by atoms with Gasteiger partial charge in [0.2, 0.25) is 0 Å². The van der Waals surface area contributed by atoms with E-state index in [-0.39, 0.29) is 0 Å². The van der Waals surface area contributed by atoms with Crippen molar-refractivity contribution < 1.29 is 0 Å². The van der Waals surface area contributed by atoms with Gasteiger partial charge in [0.1, 0.15) is 0 Å². The second-order valence-electron chi connectivity index (χ2n) is 5.48. The Balaban J connectivity index is 1.87. The molecule has 3 fully saturated rings. The molecule has 4 unspecified atom stereocenters. The first kappa shape index (κ1) is 8.25. The van der Waals surface area contributed by atoms with Gasteiger partial charge in [-0.1, -0.05) is 0 Å². The standard InChI is InChI=1S/C11H20N2/c1-7(2)13-9-4-6-11(9)5-3-8(12)10(11)13/h7-10H,3-6,12H2,1-2H3. The van der Waals surface area contributed by atoms with Crippen LogP contribution in [-0.2, 0) is 0 Å².